The van der Waals surface area contributed by atoms with Gasteiger partial charge >= 0.3 is 24.2 Å². The van der Waals surface area contributed by atoms with Crippen LogP contribution in [-0.4, -0.2) is 202 Å². The molecule has 8 amide bonds. The molecule has 7 aliphatic rings. The summed E-state index contributed by atoms with van der Waals surface area (Å²) in [5, 5.41) is 26.0. The van der Waals surface area contributed by atoms with Crippen molar-refractivity contribution in [2.75, 3.05) is 60.3 Å². The number of nitrogens with zero attached hydrogens (tertiary/aromatic N) is 2. The number of ether oxygens (including phenoxy) is 7. The predicted octanol–water partition coefficient (Wildman–Crippen LogP) is 9.98. The number of likely N-dealkylation sites (tertiary alicyclic amines) is 2. The Morgan fingerprint density at radius 1 is 0.576 bits per heavy atom. The molecule has 4 heterocycles. The zero-order valence-electron chi connectivity index (χ0n) is 56.3. The van der Waals surface area contributed by atoms with E-state index in [1.54, 1.807) is 20.8 Å². The lowest BCUT2D eigenvalue weighted by Gasteiger charge is -2.35. The van der Waals surface area contributed by atoms with Crippen LogP contribution in [0.4, 0.5) is 14.4 Å². The van der Waals surface area contributed by atoms with Gasteiger partial charge in [0.1, 0.15) is 43.0 Å². The number of fused-ring (bicyclic) bond motifs is 3. The average Bonchev–Trinajstić information content (AvgIpc) is 1.63. The number of amides is 8. The van der Waals surface area contributed by atoms with Gasteiger partial charge in [0.15, 0.2) is 12.2 Å². The van der Waals surface area contributed by atoms with Gasteiger partial charge in [-0.1, -0.05) is 178 Å². The van der Waals surface area contributed by atoms with E-state index in [-0.39, 0.29) is 111 Å². The number of carbonyl (C=O) groups excluding carboxylic acids is 8. The highest BCUT2D eigenvalue weighted by Crippen LogP contribution is 2.45. The molecule has 2 saturated carbocycles. The fraction of sp³-hybridized carbons (Fsp3) is 0.662. The van der Waals surface area contributed by atoms with Crippen LogP contribution in [-0.2, 0) is 61.9 Å². The number of hydrogen-bond acceptors (Lipinski definition) is 16. The van der Waals surface area contributed by atoms with Crippen molar-refractivity contribution in [3.63, 3.8) is 0 Å². The van der Waals surface area contributed by atoms with Gasteiger partial charge in [-0.25, -0.2) is 19.2 Å². The second kappa shape index (κ2) is 40.0. The van der Waals surface area contributed by atoms with Crippen LogP contribution in [0.3, 0.4) is 0 Å². The molecular formula is C74H120N8O17. The Kier molecular flexibility index (Phi) is 35.3. The first-order valence-electron chi connectivity index (χ1n) is 33.0. The number of aliphatic carboxylic acids is 1. The molecule has 2 aromatic carbocycles. The quantitative estimate of drug-likeness (QED) is 0.0380. The molecule has 2 aromatic rings. The summed E-state index contributed by atoms with van der Waals surface area (Å²) in [6.45, 7) is 25.2. The summed E-state index contributed by atoms with van der Waals surface area (Å²) < 4.78 is 37.6. The molecule has 4 saturated heterocycles. The van der Waals surface area contributed by atoms with Crippen LogP contribution in [0.25, 0.3) is 11.1 Å². The van der Waals surface area contributed by atoms with Crippen molar-refractivity contribution in [1.29, 1.82) is 0 Å². The maximum atomic E-state index is 13.8. The molecule has 558 valence electrons. The van der Waals surface area contributed by atoms with Crippen molar-refractivity contribution in [2.24, 2.45) is 10.8 Å². The van der Waals surface area contributed by atoms with Gasteiger partial charge in [-0.3, -0.25) is 28.9 Å². The van der Waals surface area contributed by atoms with Gasteiger partial charge in [0.25, 0.3) is 11.8 Å². The van der Waals surface area contributed by atoms with Gasteiger partial charge in [0, 0.05) is 58.2 Å². The number of nitrogens with one attached hydrogen (secondary N) is 6. The minimum Gasteiger partial charge on any atom is -0.480 e. The third kappa shape index (κ3) is 24.6. The molecule has 0 aromatic heterocycles. The molecule has 0 spiro atoms. The van der Waals surface area contributed by atoms with Crippen molar-refractivity contribution in [3.05, 3.63) is 84.0 Å². The number of carboxylic acid groups (broad SMARTS) is 1. The Labute approximate surface area is 589 Å². The molecule has 99 heavy (non-hydrogen) atoms. The summed E-state index contributed by atoms with van der Waals surface area (Å²) in [5.41, 5.74) is 4.86. The van der Waals surface area contributed by atoms with Crippen molar-refractivity contribution >= 4 is 53.8 Å². The number of alkyl carbamates (subject to hydrolysis) is 2. The Bertz CT molecular complexity index is 2970. The lowest BCUT2D eigenvalue weighted by molar-refractivity contribution is -0.143. The minimum absolute atomic E-state index is 0. The summed E-state index contributed by atoms with van der Waals surface area (Å²) in [4.78, 5) is 118. The zero-order valence-corrected chi connectivity index (χ0v) is 56.3. The molecular weight excluding hydrogens is 1270 g/mol. The van der Waals surface area contributed by atoms with E-state index in [9.17, 15) is 43.2 Å². The number of benzene rings is 2. The summed E-state index contributed by atoms with van der Waals surface area (Å²) in [5.74, 6) is -2.71. The summed E-state index contributed by atoms with van der Waals surface area (Å²) in [7, 11) is 2.93. The highest BCUT2D eigenvalue weighted by atomic mass is 16.6. The van der Waals surface area contributed by atoms with E-state index in [4.69, 9.17) is 38.3 Å². The van der Waals surface area contributed by atoms with Gasteiger partial charge in [-0.2, -0.15) is 0 Å². The Hall–Kier alpha value is -7.61. The molecule has 25 heteroatoms. The fourth-order valence-electron chi connectivity index (χ4n) is 12.2. The van der Waals surface area contributed by atoms with Gasteiger partial charge in [0.05, 0.1) is 38.5 Å². The molecule has 4 aliphatic heterocycles. The summed E-state index contributed by atoms with van der Waals surface area (Å²) in [6, 6.07) is 12.2. The Balaban J connectivity index is 0.000000527. The maximum absolute atomic E-state index is 13.8. The molecule has 0 radical (unpaired) electrons. The minimum atomic E-state index is -1.07. The SMILES string of the molecule is C.C.C.C.C.C=C1C[C@@H](C(=O)N[C@@H](CCC)C(OC)C(=O)NC2CC2)N(C(=O)OCC2c3ccccc3-c3ccccc32)C1.C=C1C[C@@H](C(=O)N[C@@H](CCC)C(OC)C(=O)NC2CC2)N(C(=O)[C@@H](NC(=O)O[C@H]2CCOC2)C(C)(C)C)C1.CC(C)(C)[C@H](NC(=O)O[C@H]1CCOC1)C(=O)O. The number of methoxy groups -OCH3 is 2. The number of carbonyl (C=O) groups is 9. The van der Waals surface area contributed by atoms with E-state index in [0.29, 0.717) is 65.0 Å². The standard InChI is InChI=1S/C31H37N3O5.C27H44N4O7.C11H19NO5.5CH4/c1-4-9-26(28(38-3)30(36)32-20-14-15-20)33-29(35)27-16-19(2)17-34(27)31(37)39-18-25-23-12-7-5-10-21(23)22-11-6-8-13-24(22)25;1-7-8-19(21(36-6)24(33)28-17-9-10-17)29-23(32)20-13-16(2)14-31(20)25(34)22(27(3,4)5)30-26(35)38-18-11-12-37-15-18;1-11(2,3)8(9(13)14)12-10(15)17-7-4-5-16-6-7;;;;;/h5-8,10-13,20,25-28H,2,4,9,14-18H2,1,3H3,(H,32,36)(H,33,35);17-22H,2,7-15H2,1,3-6H3,(H,28,33)(H,29,32)(H,30,35);7-8H,4-6H2,1-3H3,(H,12,15)(H,13,14);5*1H4/t26-,27-,28?;18-,19-,20-,21?,22+;7-,8+;;;;;/m000...../s1. The van der Waals surface area contributed by atoms with Crippen LogP contribution in [0, 0.1) is 10.8 Å². The molecule has 10 atom stereocenters. The van der Waals surface area contributed by atoms with Crippen LogP contribution in [0.5, 0.6) is 0 Å². The van der Waals surface area contributed by atoms with Crippen LogP contribution in [0.1, 0.15) is 187 Å². The molecule has 0 bridgehead atoms. The average molecular weight is 1390 g/mol. The Morgan fingerprint density at radius 2 is 0.970 bits per heavy atom. The number of hydrogen-bond donors (Lipinski definition) is 7. The van der Waals surface area contributed by atoms with Gasteiger partial charge in [-0.15, -0.1) is 0 Å². The smallest absolute Gasteiger partial charge is 0.410 e. The molecule has 25 nitrogen and oxygen atoms in total. The van der Waals surface area contributed by atoms with Gasteiger partial charge < -0.3 is 75.1 Å². The van der Waals surface area contributed by atoms with Crippen LogP contribution < -0.4 is 31.9 Å². The van der Waals surface area contributed by atoms with Crippen molar-refractivity contribution in [2.45, 2.75) is 248 Å². The highest BCUT2D eigenvalue weighted by molar-refractivity contribution is 5.94. The first-order valence-corrected chi connectivity index (χ1v) is 33.0. The van der Waals surface area contributed by atoms with E-state index in [2.05, 4.69) is 69.3 Å². The molecule has 7 N–H and O–H groups in total. The predicted molar refractivity (Wildman–Crippen MR) is 382 cm³/mol. The monoisotopic (exact) mass is 1390 g/mol. The zero-order chi connectivity index (χ0) is 68.6. The normalized spacial score (nSPS) is 20.7. The molecule has 2 unspecified atom stereocenters. The first kappa shape index (κ1) is 87.5. The van der Waals surface area contributed by atoms with E-state index < -0.39 is 89.4 Å². The van der Waals surface area contributed by atoms with Crippen LogP contribution in [0.15, 0.2) is 72.8 Å². The van der Waals surface area contributed by atoms with E-state index >= 15 is 0 Å². The number of carboxylic acids is 1. The lowest BCUT2D eigenvalue weighted by Crippen LogP contribution is -2.59. The van der Waals surface area contributed by atoms with Crippen molar-refractivity contribution < 1.29 is 81.4 Å². The summed E-state index contributed by atoms with van der Waals surface area (Å²) >= 11 is 0. The molecule has 6 fully saturated rings. The summed E-state index contributed by atoms with van der Waals surface area (Å²) in [6.07, 6.45) is 4.10. The second-order valence-corrected chi connectivity index (χ2v) is 27.5. The third-order valence-electron chi connectivity index (χ3n) is 17.5. The largest absolute Gasteiger partial charge is 0.480 e. The number of rotatable bonds is 24. The van der Waals surface area contributed by atoms with Gasteiger partial charge in [0.2, 0.25) is 17.7 Å². The van der Waals surface area contributed by atoms with Crippen molar-refractivity contribution in [3.8, 4) is 11.1 Å². The van der Waals surface area contributed by atoms with E-state index in [1.165, 1.54) is 24.0 Å². The molecule has 9 rings (SSSR count). The van der Waals surface area contributed by atoms with E-state index in [1.807, 2.05) is 58.9 Å². The van der Waals surface area contributed by atoms with Gasteiger partial charge in [-0.05, 0) is 84.5 Å². The Morgan fingerprint density at radius 3 is 1.33 bits per heavy atom. The topological polar surface area (TPSA) is 317 Å². The van der Waals surface area contributed by atoms with Crippen molar-refractivity contribution in [1.82, 2.24) is 41.7 Å². The fourth-order valence-corrected chi connectivity index (χ4v) is 12.2. The van der Waals surface area contributed by atoms with E-state index in [0.717, 1.165) is 71.9 Å². The second-order valence-electron chi connectivity index (χ2n) is 27.5. The van der Waals surface area contributed by atoms with Crippen LogP contribution >= 0.6 is 0 Å². The first-order chi connectivity index (χ1) is 44.6. The lowest BCUT2D eigenvalue weighted by atomic mass is 9.85. The highest BCUT2D eigenvalue weighted by Gasteiger charge is 2.46. The van der Waals surface area contributed by atoms with Crippen LogP contribution in [0.2, 0.25) is 0 Å². The molecule has 3 aliphatic carbocycles. The third-order valence-corrected chi connectivity index (χ3v) is 17.5. The maximum Gasteiger partial charge on any atom is 0.410 e.